The van der Waals surface area contributed by atoms with Crippen LogP contribution in [0.15, 0.2) is 36.9 Å². The highest BCUT2D eigenvalue weighted by Crippen LogP contribution is 2.06. The number of benzene rings is 1. The van der Waals surface area contributed by atoms with Gasteiger partial charge in [0.1, 0.15) is 0 Å². The van der Waals surface area contributed by atoms with Crippen LogP contribution in [-0.4, -0.2) is 12.5 Å². The molecule has 3 heteroatoms. The Bertz CT molecular complexity index is 371. The molecule has 0 radical (unpaired) electrons. The first kappa shape index (κ1) is 14.3. The van der Waals surface area contributed by atoms with Crippen LogP contribution in [0.2, 0.25) is 0 Å². The number of hydrogen-bond donors (Lipinski definition) is 2. The van der Waals surface area contributed by atoms with Gasteiger partial charge in [-0.2, -0.15) is 0 Å². The Morgan fingerprint density at radius 1 is 1.17 bits per heavy atom. The predicted octanol–water partition coefficient (Wildman–Crippen LogP) is 3.14. The van der Waals surface area contributed by atoms with E-state index in [1.807, 2.05) is 6.08 Å². The molecule has 0 atom stereocenters. The number of carbonyl (C=O) groups is 1. The number of nitrogens with one attached hydrogen (secondary N) is 1. The second-order valence-electron chi connectivity index (χ2n) is 4.37. The molecular weight excluding hydrogens is 224 g/mol. The average molecular weight is 246 g/mol. The monoisotopic (exact) mass is 246 g/mol. The Hall–Kier alpha value is -1.77. The first-order chi connectivity index (χ1) is 8.74. The maximum Gasteiger partial charge on any atom is 0.251 e. The van der Waals surface area contributed by atoms with Crippen LogP contribution in [0.5, 0.6) is 0 Å². The van der Waals surface area contributed by atoms with Gasteiger partial charge in [-0.1, -0.05) is 18.9 Å². The second kappa shape index (κ2) is 8.34. The van der Waals surface area contributed by atoms with Crippen molar-refractivity contribution in [1.29, 1.82) is 0 Å². The highest BCUT2D eigenvalue weighted by atomic mass is 16.1. The highest BCUT2D eigenvalue weighted by molar-refractivity contribution is 5.94. The van der Waals surface area contributed by atoms with E-state index < -0.39 is 0 Å². The molecule has 0 spiro atoms. The second-order valence-corrected chi connectivity index (χ2v) is 4.37. The van der Waals surface area contributed by atoms with E-state index in [9.17, 15) is 4.79 Å². The molecule has 3 N–H and O–H groups in total. The summed E-state index contributed by atoms with van der Waals surface area (Å²) in [6, 6.07) is 6.97. The number of amides is 1. The number of nitrogens with two attached hydrogens (primary N) is 1. The molecule has 3 nitrogen and oxygen atoms in total. The number of anilines is 1. The quantitative estimate of drug-likeness (QED) is 0.420. The Morgan fingerprint density at radius 2 is 1.83 bits per heavy atom. The summed E-state index contributed by atoms with van der Waals surface area (Å²) in [7, 11) is 0. The Morgan fingerprint density at radius 3 is 2.50 bits per heavy atom. The molecule has 1 amide bonds. The Balaban J connectivity index is 2.13. The minimum absolute atomic E-state index is 0.0268. The van der Waals surface area contributed by atoms with Gasteiger partial charge in [0, 0.05) is 17.8 Å². The molecule has 0 heterocycles. The van der Waals surface area contributed by atoms with E-state index in [2.05, 4.69) is 11.9 Å². The molecule has 18 heavy (non-hydrogen) atoms. The normalized spacial score (nSPS) is 10.0. The van der Waals surface area contributed by atoms with Crippen molar-refractivity contribution in [3.8, 4) is 0 Å². The van der Waals surface area contributed by atoms with Gasteiger partial charge in [-0.05, 0) is 43.5 Å². The summed E-state index contributed by atoms with van der Waals surface area (Å²) in [4.78, 5) is 11.7. The van der Waals surface area contributed by atoms with Crippen LogP contribution in [0.25, 0.3) is 0 Å². The summed E-state index contributed by atoms with van der Waals surface area (Å²) in [5, 5.41) is 2.91. The number of rotatable bonds is 8. The van der Waals surface area contributed by atoms with Gasteiger partial charge in [-0.3, -0.25) is 4.79 Å². The molecule has 0 saturated carbocycles. The van der Waals surface area contributed by atoms with Crippen LogP contribution < -0.4 is 11.1 Å². The topological polar surface area (TPSA) is 55.1 Å². The third kappa shape index (κ3) is 5.53. The van der Waals surface area contributed by atoms with Crippen molar-refractivity contribution in [3.05, 3.63) is 42.5 Å². The zero-order valence-corrected chi connectivity index (χ0v) is 10.8. The van der Waals surface area contributed by atoms with Gasteiger partial charge in [-0.25, -0.2) is 0 Å². The van der Waals surface area contributed by atoms with E-state index in [1.54, 1.807) is 24.3 Å². The first-order valence-electron chi connectivity index (χ1n) is 6.48. The van der Waals surface area contributed by atoms with Crippen LogP contribution in [0.1, 0.15) is 42.5 Å². The molecule has 0 bridgehead atoms. The van der Waals surface area contributed by atoms with E-state index >= 15 is 0 Å². The molecule has 0 fully saturated rings. The molecule has 0 unspecified atom stereocenters. The summed E-state index contributed by atoms with van der Waals surface area (Å²) >= 11 is 0. The summed E-state index contributed by atoms with van der Waals surface area (Å²) in [6.07, 6.45) is 7.59. The largest absolute Gasteiger partial charge is 0.399 e. The Kier molecular flexibility index (Phi) is 6.62. The zero-order chi connectivity index (χ0) is 13.2. The van der Waals surface area contributed by atoms with Gasteiger partial charge in [0.2, 0.25) is 0 Å². The number of unbranched alkanes of at least 4 members (excludes halogenated alkanes) is 4. The molecule has 0 saturated heterocycles. The predicted molar refractivity (Wildman–Crippen MR) is 76.5 cm³/mol. The highest BCUT2D eigenvalue weighted by Gasteiger charge is 2.03. The number of hydrogen-bond acceptors (Lipinski definition) is 2. The van der Waals surface area contributed by atoms with Crippen molar-refractivity contribution in [3.63, 3.8) is 0 Å². The van der Waals surface area contributed by atoms with Crippen molar-refractivity contribution >= 4 is 11.6 Å². The maximum absolute atomic E-state index is 11.7. The van der Waals surface area contributed by atoms with E-state index in [0.717, 1.165) is 25.8 Å². The van der Waals surface area contributed by atoms with Crippen molar-refractivity contribution in [2.45, 2.75) is 32.1 Å². The van der Waals surface area contributed by atoms with E-state index in [4.69, 9.17) is 5.73 Å². The maximum atomic E-state index is 11.7. The molecule has 0 aromatic heterocycles. The fourth-order valence-corrected chi connectivity index (χ4v) is 1.71. The number of allylic oxidation sites excluding steroid dienone is 1. The number of nitrogen functional groups attached to an aromatic ring is 1. The third-order valence-corrected chi connectivity index (χ3v) is 2.79. The lowest BCUT2D eigenvalue weighted by Crippen LogP contribution is -2.24. The lowest BCUT2D eigenvalue weighted by molar-refractivity contribution is 0.0953. The minimum atomic E-state index is -0.0268. The van der Waals surface area contributed by atoms with Crippen LogP contribution in [0.4, 0.5) is 5.69 Å². The molecule has 1 aromatic carbocycles. The molecule has 0 aliphatic rings. The van der Waals surface area contributed by atoms with Crippen molar-refractivity contribution in [2.24, 2.45) is 0 Å². The van der Waals surface area contributed by atoms with E-state index in [0.29, 0.717) is 11.3 Å². The Labute approximate surface area is 109 Å². The van der Waals surface area contributed by atoms with Crippen LogP contribution in [0.3, 0.4) is 0 Å². The van der Waals surface area contributed by atoms with Gasteiger partial charge in [0.15, 0.2) is 0 Å². The molecule has 98 valence electrons. The lowest BCUT2D eigenvalue weighted by atomic mass is 10.1. The average Bonchev–Trinajstić information content (AvgIpc) is 2.38. The van der Waals surface area contributed by atoms with Gasteiger partial charge in [0.25, 0.3) is 5.91 Å². The van der Waals surface area contributed by atoms with Gasteiger partial charge >= 0.3 is 0 Å². The SMILES string of the molecule is C=CCCCCCCNC(=O)c1ccc(N)cc1. The number of carbonyl (C=O) groups excluding carboxylic acids is 1. The van der Waals surface area contributed by atoms with Crippen LogP contribution >= 0.6 is 0 Å². The third-order valence-electron chi connectivity index (χ3n) is 2.79. The summed E-state index contributed by atoms with van der Waals surface area (Å²) in [5.74, 6) is -0.0268. The van der Waals surface area contributed by atoms with Crippen molar-refractivity contribution < 1.29 is 4.79 Å². The summed E-state index contributed by atoms with van der Waals surface area (Å²) < 4.78 is 0. The fourth-order valence-electron chi connectivity index (χ4n) is 1.71. The summed E-state index contributed by atoms with van der Waals surface area (Å²) in [5.41, 5.74) is 6.91. The van der Waals surface area contributed by atoms with Crippen molar-refractivity contribution in [1.82, 2.24) is 5.32 Å². The molecule has 1 aromatic rings. The minimum Gasteiger partial charge on any atom is -0.399 e. The summed E-state index contributed by atoms with van der Waals surface area (Å²) in [6.45, 7) is 4.43. The molecule has 0 aliphatic heterocycles. The van der Waals surface area contributed by atoms with E-state index in [1.165, 1.54) is 12.8 Å². The first-order valence-corrected chi connectivity index (χ1v) is 6.48. The smallest absolute Gasteiger partial charge is 0.251 e. The van der Waals surface area contributed by atoms with Gasteiger partial charge in [-0.15, -0.1) is 6.58 Å². The van der Waals surface area contributed by atoms with Crippen LogP contribution in [-0.2, 0) is 0 Å². The van der Waals surface area contributed by atoms with Gasteiger partial charge < -0.3 is 11.1 Å². The van der Waals surface area contributed by atoms with Crippen LogP contribution in [0, 0.1) is 0 Å². The fraction of sp³-hybridized carbons (Fsp3) is 0.400. The lowest BCUT2D eigenvalue weighted by Gasteiger charge is -2.05. The molecule has 1 rings (SSSR count). The van der Waals surface area contributed by atoms with E-state index in [-0.39, 0.29) is 5.91 Å². The van der Waals surface area contributed by atoms with Crippen molar-refractivity contribution in [2.75, 3.05) is 12.3 Å². The zero-order valence-electron chi connectivity index (χ0n) is 10.8. The van der Waals surface area contributed by atoms with Gasteiger partial charge in [0.05, 0.1) is 0 Å². The standard InChI is InChI=1S/C15H22N2O/c1-2-3-4-5-6-7-12-17-15(18)13-8-10-14(16)11-9-13/h2,8-11H,1,3-7,12,16H2,(H,17,18). The molecule has 0 aliphatic carbocycles. The molecular formula is C15H22N2O.